The van der Waals surface area contributed by atoms with Gasteiger partial charge >= 0.3 is 0 Å². The van der Waals surface area contributed by atoms with Gasteiger partial charge in [0.05, 0.1) is 0 Å². The van der Waals surface area contributed by atoms with E-state index in [-0.39, 0.29) is 0 Å². The van der Waals surface area contributed by atoms with Crippen molar-refractivity contribution in [2.45, 2.75) is 6.42 Å². The van der Waals surface area contributed by atoms with Crippen LogP contribution in [-0.4, -0.2) is 10.9 Å². The third-order valence-electron chi connectivity index (χ3n) is 1.99. The highest BCUT2D eigenvalue weighted by Crippen LogP contribution is 2.16. The molecular formula is C11H10N2OS. The molecule has 0 saturated carbocycles. The van der Waals surface area contributed by atoms with Crippen LogP contribution in [-0.2, 0) is 6.42 Å². The van der Waals surface area contributed by atoms with Crippen molar-refractivity contribution in [1.29, 1.82) is 0 Å². The Labute approximate surface area is 91.6 Å². The minimum absolute atomic E-state index is 0.376. The normalized spacial score (nSPS) is 10.1. The summed E-state index contributed by atoms with van der Waals surface area (Å²) in [6, 6.07) is 10.1. The number of aromatic nitrogens is 1. The number of amides is 1. The molecule has 3 nitrogen and oxygen atoms in total. The lowest BCUT2D eigenvalue weighted by Gasteiger charge is -1.95. The van der Waals surface area contributed by atoms with E-state index in [1.165, 1.54) is 16.9 Å². The third kappa shape index (κ3) is 2.41. The maximum Gasteiger partial charge on any atom is 0.277 e. The van der Waals surface area contributed by atoms with E-state index < -0.39 is 5.91 Å². The fourth-order valence-electron chi connectivity index (χ4n) is 1.30. The first-order valence-electron chi connectivity index (χ1n) is 4.54. The molecule has 76 valence electrons. The van der Waals surface area contributed by atoms with Crippen molar-refractivity contribution in [3.8, 4) is 0 Å². The van der Waals surface area contributed by atoms with Gasteiger partial charge in [-0.2, -0.15) is 0 Å². The van der Waals surface area contributed by atoms with Crippen LogP contribution < -0.4 is 5.73 Å². The third-order valence-corrected chi connectivity index (χ3v) is 3.00. The molecule has 0 fully saturated rings. The SMILES string of the molecule is NC(=O)c1ncc(Cc2ccccc2)s1. The average Bonchev–Trinajstić information content (AvgIpc) is 2.68. The van der Waals surface area contributed by atoms with Crippen molar-refractivity contribution >= 4 is 17.2 Å². The van der Waals surface area contributed by atoms with E-state index in [4.69, 9.17) is 5.73 Å². The predicted molar refractivity (Wildman–Crippen MR) is 59.9 cm³/mol. The molecule has 0 radical (unpaired) electrons. The fraction of sp³-hybridized carbons (Fsp3) is 0.0909. The van der Waals surface area contributed by atoms with Gasteiger partial charge in [0.25, 0.3) is 5.91 Å². The summed E-state index contributed by atoms with van der Waals surface area (Å²) in [6.07, 6.45) is 2.50. The van der Waals surface area contributed by atoms with Gasteiger partial charge in [-0.15, -0.1) is 11.3 Å². The first-order valence-corrected chi connectivity index (χ1v) is 5.36. The second kappa shape index (κ2) is 4.23. The molecule has 0 atom stereocenters. The van der Waals surface area contributed by atoms with E-state index in [2.05, 4.69) is 4.98 Å². The number of benzene rings is 1. The quantitative estimate of drug-likeness (QED) is 0.854. The van der Waals surface area contributed by atoms with Crippen LogP contribution in [0, 0.1) is 0 Å². The Morgan fingerprint density at radius 1 is 1.33 bits per heavy atom. The second-order valence-corrected chi connectivity index (χ2v) is 4.27. The van der Waals surface area contributed by atoms with Crippen LogP contribution >= 0.6 is 11.3 Å². The number of carbonyl (C=O) groups is 1. The molecule has 0 saturated heterocycles. The van der Waals surface area contributed by atoms with E-state index in [0.717, 1.165) is 11.3 Å². The summed E-state index contributed by atoms with van der Waals surface area (Å²) in [5, 5.41) is 0.376. The number of thiazole rings is 1. The van der Waals surface area contributed by atoms with Crippen molar-refractivity contribution in [3.05, 3.63) is 52.0 Å². The molecule has 2 rings (SSSR count). The molecule has 1 heterocycles. The molecule has 0 spiro atoms. The van der Waals surface area contributed by atoms with E-state index >= 15 is 0 Å². The largest absolute Gasteiger partial charge is 0.364 e. The molecule has 15 heavy (non-hydrogen) atoms. The topological polar surface area (TPSA) is 56.0 Å². The van der Waals surface area contributed by atoms with Gasteiger partial charge < -0.3 is 5.73 Å². The van der Waals surface area contributed by atoms with Crippen LogP contribution in [0.25, 0.3) is 0 Å². The smallest absolute Gasteiger partial charge is 0.277 e. The highest BCUT2D eigenvalue weighted by molar-refractivity contribution is 7.13. The summed E-state index contributed by atoms with van der Waals surface area (Å²) in [7, 11) is 0. The van der Waals surface area contributed by atoms with Gasteiger partial charge in [0.1, 0.15) is 0 Å². The van der Waals surface area contributed by atoms with Crippen molar-refractivity contribution in [1.82, 2.24) is 4.98 Å². The predicted octanol–water partition coefficient (Wildman–Crippen LogP) is 1.83. The average molecular weight is 218 g/mol. The van der Waals surface area contributed by atoms with Gasteiger partial charge in [0, 0.05) is 17.5 Å². The van der Waals surface area contributed by atoms with Crippen LogP contribution in [0.2, 0.25) is 0 Å². The molecular weight excluding hydrogens is 208 g/mol. The molecule has 0 aliphatic carbocycles. The van der Waals surface area contributed by atoms with Gasteiger partial charge in [-0.3, -0.25) is 4.79 Å². The first-order chi connectivity index (χ1) is 7.25. The van der Waals surface area contributed by atoms with Crippen LogP contribution in [0.5, 0.6) is 0 Å². The van der Waals surface area contributed by atoms with Gasteiger partial charge in [-0.25, -0.2) is 4.98 Å². The lowest BCUT2D eigenvalue weighted by atomic mass is 10.1. The first kappa shape index (κ1) is 9.86. The summed E-state index contributed by atoms with van der Waals surface area (Å²) in [5.41, 5.74) is 6.34. The fourth-order valence-corrected chi connectivity index (χ4v) is 2.10. The standard InChI is InChI=1S/C11H10N2OS/c12-10(14)11-13-7-9(15-11)6-8-4-2-1-3-5-8/h1-5,7H,6H2,(H2,12,14). The van der Waals surface area contributed by atoms with E-state index in [1.54, 1.807) is 6.20 Å². The van der Waals surface area contributed by atoms with E-state index in [0.29, 0.717) is 5.01 Å². The zero-order valence-electron chi connectivity index (χ0n) is 8.01. The van der Waals surface area contributed by atoms with Crippen molar-refractivity contribution in [3.63, 3.8) is 0 Å². The molecule has 1 aromatic carbocycles. The molecule has 2 N–H and O–H groups in total. The lowest BCUT2D eigenvalue weighted by molar-refractivity contribution is 0.1000. The Kier molecular flexibility index (Phi) is 2.78. The Hall–Kier alpha value is -1.68. The maximum atomic E-state index is 10.8. The monoisotopic (exact) mass is 218 g/mol. The zero-order valence-corrected chi connectivity index (χ0v) is 8.83. The maximum absolute atomic E-state index is 10.8. The van der Waals surface area contributed by atoms with E-state index in [1.807, 2.05) is 30.3 Å². The Bertz CT molecular complexity index is 464. The second-order valence-electron chi connectivity index (χ2n) is 3.16. The van der Waals surface area contributed by atoms with Crippen LogP contribution in [0.1, 0.15) is 20.2 Å². The summed E-state index contributed by atoms with van der Waals surface area (Å²) < 4.78 is 0. The zero-order chi connectivity index (χ0) is 10.7. The molecule has 0 aliphatic heterocycles. The highest BCUT2D eigenvalue weighted by Gasteiger charge is 2.06. The number of hydrogen-bond donors (Lipinski definition) is 1. The Morgan fingerprint density at radius 3 is 2.67 bits per heavy atom. The molecule has 4 heteroatoms. The molecule has 0 aliphatic rings. The lowest BCUT2D eigenvalue weighted by Crippen LogP contribution is -2.09. The van der Waals surface area contributed by atoms with Crippen LogP contribution in [0.4, 0.5) is 0 Å². The van der Waals surface area contributed by atoms with Crippen LogP contribution in [0.15, 0.2) is 36.5 Å². The summed E-state index contributed by atoms with van der Waals surface area (Å²) in [5.74, 6) is -0.459. The van der Waals surface area contributed by atoms with Gasteiger partial charge in [0.15, 0.2) is 5.01 Å². The molecule has 1 amide bonds. The number of nitrogens with zero attached hydrogens (tertiary/aromatic N) is 1. The summed E-state index contributed by atoms with van der Waals surface area (Å²) in [6.45, 7) is 0. The summed E-state index contributed by atoms with van der Waals surface area (Å²) >= 11 is 1.35. The minimum atomic E-state index is -0.459. The van der Waals surface area contributed by atoms with Crippen molar-refractivity contribution in [2.75, 3.05) is 0 Å². The van der Waals surface area contributed by atoms with Gasteiger partial charge in [-0.05, 0) is 5.56 Å². The number of rotatable bonds is 3. The highest BCUT2D eigenvalue weighted by atomic mass is 32.1. The molecule has 2 aromatic rings. The number of carbonyl (C=O) groups excluding carboxylic acids is 1. The molecule has 0 unspecified atom stereocenters. The van der Waals surface area contributed by atoms with Crippen molar-refractivity contribution in [2.24, 2.45) is 5.73 Å². The molecule has 0 bridgehead atoms. The number of hydrogen-bond acceptors (Lipinski definition) is 3. The van der Waals surface area contributed by atoms with Gasteiger partial charge in [0.2, 0.25) is 0 Å². The Balaban J connectivity index is 2.15. The van der Waals surface area contributed by atoms with Gasteiger partial charge in [-0.1, -0.05) is 30.3 Å². The van der Waals surface area contributed by atoms with Crippen LogP contribution in [0.3, 0.4) is 0 Å². The summed E-state index contributed by atoms with van der Waals surface area (Å²) in [4.78, 5) is 15.8. The molecule has 1 aromatic heterocycles. The number of primary amides is 1. The number of nitrogens with two attached hydrogens (primary N) is 1. The van der Waals surface area contributed by atoms with E-state index in [9.17, 15) is 4.79 Å². The Morgan fingerprint density at radius 2 is 2.07 bits per heavy atom. The minimum Gasteiger partial charge on any atom is -0.364 e. The van der Waals surface area contributed by atoms with Crippen molar-refractivity contribution < 1.29 is 4.79 Å².